The Morgan fingerprint density at radius 2 is 1.72 bits per heavy atom. The molecule has 3 aromatic carbocycles. The molecule has 0 unspecified atom stereocenters. The van der Waals surface area contributed by atoms with Gasteiger partial charge in [0.25, 0.3) is 0 Å². The van der Waals surface area contributed by atoms with Crippen LogP contribution < -0.4 is 9.47 Å². The van der Waals surface area contributed by atoms with Crippen molar-refractivity contribution in [1.82, 2.24) is 9.55 Å². The monoisotopic (exact) mass is 448 g/mol. The second-order valence-electron chi connectivity index (χ2n) is 8.29. The van der Waals surface area contributed by atoms with Crippen molar-refractivity contribution < 1.29 is 9.47 Å². The third-order valence-electron chi connectivity index (χ3n) is 5.50. The number of rotatable bonds is 9. The summed E-state index contributed by atoms with van der Waals surface area (Å²) >= 11 is 6.25. The van der Waals surface area contributed by atoms with Crippen LogP contribution in [0, 0.1) is 6.92 Å². The zero-order valence-corrected chi connectivity index (χ0v) is 19.6. The first-order chi connectivity index (χ1) is 15.5. The van der Waals surface area contributed by atoms with E-state index in [1.165, 1.54) is 11.1 Å². The van der Waals surface area contributed by atoms with Gasteiger partial charge in [0.1, 0.15) is 23.9 Å². The molecule has 4 nitrogen and oxygen atoms in total. The lowest BCUT2D eigenvalue weighted by Crippen LogP contribution is -2.10. The molecule has 0 N–H and O–H groups in total. The standard InChI is InChI=1S/C27H29ClN2O2/c1-19(2)21-14-13-20(3)17-26(21)31-16-8-15-30-24-11-6-5-10-23(24)29-27(30)18-32-25-12-7-4-9-22(25)28/h4-7,9-14,17,19H,8,15-16,18H2,1-3H3. The van der Waals surface area contributed by atoms with Crippen molar-refractivity contribution in [1.29, 1.82) is 0 Å². The Morgan fingerprint density at radius 1 is 0.938 bits per heavy atom. The van der Waals surface area contributed by atoms with Gasteiger partial charge < -0.3 is 14.0 Å². The van der Waals surface area contributed by atoms with Crippen LogP contribution in [0.15, 0.2) is 66.7 Å². The third-order valence-corrected chi connectivity index (χ3v) is 5.81. The highest BCUT2D eigenvalue weighted by atomic mass is 35.5. The lowest BCUT2D eigenvalue weighted by molar-refractivity contribution is 0.279. The van der Waals surface area contributed by atoms with E-state index in [2.05, 4.69) is 49.6 Å². The van der Waals surface area contributed by atoms with Gasteiger partial charge in [-0.1, -0.05) is 61.8 Å². The fourth-order valence-corrected chi connectivity index (χ4v) is 4.03. The van der Waals surface area contributed by atoms with E-state index in [-0.39, 0.29) is 0 Å². The molecule has 4 aromatic rings. The minimum absolute atomic E-state index is 0.356. The number of hydrogen-bond acceptors (Lipinski definition) is 3. The average Bonchev–Trinajstić information content (AvgIpc) is 3.13. The number of para-hydroxylation sites is 3. The van der Waals surface area contributed by atoms with Crippen LogP contribution in [0.3, 0.4) is 0 Å². The summed E-state index contributed by atoms with van der Waals surface area (Å²) in [6.45, 7) is 8.28. The summed E-state index contributed by atoms with van der Waals surface area (Å²) in [6.07, 6.45) is 0.866. The van der Waals surface area contributed by atoms with Crippen molar-refractivity contribution in [2.45, 2.75) is 46.3 Å². The summed E-state index contributed by atoms with van der Waals surface area (Å²) in [7, 11) is 0. The first-order valence-corrected chi connectivity index (χ1v) is 11.5. The smallest absolute Gasteiger partial charge is 0.148 e. The summed E-state index contributed by atoms with van der Waals surface area (Å²) in [5.74, 6) is 2.95. The van der Waals surface area contributed by atoms with Crippen LogP contribution in [0.1, 0.15) is 43.1 Å². The van der Waals surface area contributed by atoms with Gasteiger partial charge in [0.2, 0.25) is 0 Å². The molecule has 4 rings (SSSR count). The molecule has 0 aliphatic rings. The van der Waals surface area contributed by atoms with Crippen molar-refractivity contribution in [3.05, 3.63) is 88.7 Å². The first kappa shape index (κ1) is 22.2. The van der Waals surface area contributed by atoms with E-state index in [9.17, 15) is 0 Å². The molecule has 0 atom stereocenters. The maximum Gasteiger partial charge on any atom is 0.148 e. The molecule has 32 heavy (non-hydrogen) atoms. The highest BCUT2D eigenvalue weighted by Crippen LogP contribution is 2.28. The second-order valence-corrected chi connectivity index (χ2v) is 8.69. The molecule has 0 saturated heterocycles. The molecule has 1 aromatic heterocycles. The Labute approximate surface area is 194 Å². The van der Waals surface area contributed by atoms with Gasteiger partial charge in [-0.3, -0.25) is 0 Å². The molecule has 166 valence electrons. The average molecular weight is 449 g/mol. The first-order valence-electron chi connectivity index (χ1n) is 11.1. The van der Waals surface area contributed by atoms with Crippen LogP contribution in [0.25, 0.3) is 11.0 Å². The zero-order valence-electron chi connectivity index (χ0n) is 18.8. The van der Waals surface area contributed by atoms with E-state index < -0.39 is 0 Å². The van der Waals surface area contributed by atoms with E-state index in [0.717, 1.165) is 35.6 Å². The minimum Gasteiger partial charge on any atom is -0.493 e. The van der Waals surface area contributed by atoms with Gasteiger partial charge in [-0.05, 0) is 60.7 Å². The van der Waals surface area contributed by atoms with E-state index in [0.29, 0.717) is 29.9 Å². The van der Waals surface area contributed by atoms with Gasteiger partial charge >= 0.3 is 0 Å². The number of halogens is 1. The summed E-state index contributed by atoms with van der Waals surface area (Å²) in [4.78, 5) is 4.80. The number of hydrogen-bond donors (Lipinski definition) is 0. The maximum absolute atomic E-state index is 6.25. The Kier molecular flexibility index (Phi) is 7.01. The zero-order chi connectivity index (χ0) is 22.5. The predicted molar refractivity (Wildman–Crippen MR) is 131 cm³/mol. The van der Waals surface area contributed by atoms with Gasteiger partial charge in [-0.15, -0.1) is 0 Å². The molecule has 1 heterocycles. The van der Waals surface area contributed by atoms with E-state index in [1.807, 2.05) is 42.5 Å². The number of fused-ring (bicyclic) bond motifs is 1. The van der Waals surface area contributed by atoms with Crippen LogP contribution in [0.5, 0.6) is 11.5 Å². The second kappa shape index (κ2) is 10.1. The van der Waals surface area contributed by atoms with Gasteiger partial charge in [-0.2, -0.15) is 0 Å². The lowest BCUT2D eigenvalue weighted by atomic mass is 10.0. The summed E-state index contributed by atoms with van der Waals surface area (Å²) < 4.78 is 14.4. The number of aromatic nitrogens is 2. The molecular formula is C27H29ClN2O2. The molecule has 0 aliphatic heterocycles. The number of ether oxygens (including phenoxy) is 2. The molecule has 0 aliphatic carbocycles. The van der Waals surface area contributed by atoms with Crippen LogP contribution in [-0.4, -0.2) is 16.2 Å². The molecule has 0 bridgehead atoms. The number of nitrogens with zero attached hydrogens (tertiary/aromatic N) is 2. The molecule has 0 saturated carbocycles. The third kappa shape index (κ3) is 5.08. The highest BCUT2D eigenvalue weighted by molar-refractivity contribution is 6.32. The summed E-state index contributed by atoms with van der Waals surface area (Å²) in [5.41, 5.74) is 4.53. The number of aryl methyl sites for hydroxylation is 2. The Balaban J connectivity index is 1.46. The van der Waals surface area contributed by atoms with Crippen LogP contribution in [0.4, 0.5) is 0 Å². The molecule has 0 radical (unpaired) electrons. The predicted octanol–water partition coefficient (Wildman–Crippen LogP) is 7.17. The minimum atomic E-state index is 0.356. The summed E-state index contributed by atoms with van der Waals surface area (Å²) in [5, 5.41) is 0.600. The summed E-state index contributed by atoms with van der Waals surface area (Å²) in [6, 6.07) is 22.1. The van der Waals surface area contributed by atoms with Crippen molar-refractivity contribution in [2.24, 2.45) is 0 Å². The Hall–Kier alpha value is -2.98. The fourth-order valence-electron chi connectivity index (χ4n) is 3.84. The van der Waals surface area contributed by atoms with Gasteiger partial charge in [0.05, 0.1) is 22.7 Å². The van der Waals surface area contributed by atoms with Gasteiger partial charge in [0, 0.05) is 6.54 Å². The quantitative estimate of drug-likeness (QED) is 0.254. The number of benzene rings is 3. The van der Waals surface area contributed by atoms with E-state index in [1.54, 1.807) is 0 Å². The largest absolute Gasteiger partial charge is 0.493 e. The van der Waals surface area contributed by atoms with Crippen LogP contribution >= 0.6 is 11.6 Å². The normalized spacial score (nSPS) is 11.3. The lowest BCUT2D eigenvalue weighted by Gasteiger charge is -2.16. The van der Waals surface area contributed by atoms with Crippen molar-refractivity contribution in [2.75, 3.05) is 6.61 Å². The number of imidazole rings is 1. The maximum atomic E-state index is 6.25. The van der Waals surface area contributed by atoms with E-state index in [4.69, 9.17) is 26.1 Å². The van der Waals surface area contributed by atoms with Gasteiger partial charge in [-0.25, -0.2) is 4.98 Å². The molecule has 0 spiro atoms. The SMILES string of the molecule is Cc1ccc(C(C)C)c(OCCCn2c(COc3ccccc3Cl)nc3ccccc32)c1. The topological polar surface area (TPSA) is 36.3 Å². The van der Waals surface area contributed by atoms with Crippen molar-refractivity contribution >= 4 is 22.6 Å². The molecule has 0 fully saturated rings. The highest BCUT2D eigenvalue weighted by Gasteiger charge is 2.13. The van der Waals surface area contributed by atoms with Crippen LogP contribution in [-0.2, 0) is 13.2 Å². The molecular weight excluding hydrogens is 420 g/mol. The Bertz CT molecular complexity index is 1200. The van der Waals surface area contributed by atoms with Crippen molar-refractivity contribution in [3.8, 4) is 11.5 Å². The van der Waals surface area contributed by atoms with Crippen molar-refractivity contribution in [3.63, 3.8) is 0 Å². The Morgan fingerprint density at radius 3 is 2.53 bits per heavy atom. The van der Waals surface area contributed by atoms with Gasteiger partial charge in [0.15, 0.2) is 0 Å². The molecule has 0 amide bonds. The molecule has 5 heteroatoms. The van der Waals surface area contributed by atoms with E-state index >= 15 is 0 Å². The van der Waals surface area contributed by atoms with Crippen LogP contribution in [0.2, 0.25) is 5.02 Å². The fraction of sp³-hybridized carbons (Fsp3) is 0.296.